The number of ether oxygens (including phenoxy) is 2. The molecule has 0 atom stereocenters. The Hall–Kier alpha value is -3.11. The van der Waals surface area contributed by atoms with Crippen LogP contribution in [0.2, 0.25) is 0 Å². The number of carbonyl (C=O) groups is 2. The van der Waals surface area contributed by atoms with Gasteiger partial charge in [0.05, 0.1) is 4.90 Å². The first-order valence-corrected chi connectivity index (χ1v) is 9.48. The van der Waals surface area contributed by atoms with Crippen molar-refractivity contribution < 1.29 is 27.5 Å². The molecule has 0 bridgehead atoms. The number of hydrogen-bond donors (Lipinski definition) is 3. The minimum Gasteiger partial charge on any atom is -0.454 e. The third-order valence-corrected chi connectivity index (χ3v) is 4.77. The van der Waals surface area contributed by atoms with Crippen molar-refractivity contribution in [3.05, 3.63) is 53.6 Å². The fraction of sp³-hybridized carbons (Fsp3) is 0.176. The lowest BCUT2D eigenvalue weighted by Crippen LogP contribution is -2.41. The van der Waals surface area contributed by atoms with Gasteiger partial charge in [0.1, 0.15) is 0 Å². The highest BCUT2D eigenvalue weighted by Gasteiger charge is 2.16. The van der Waals surface area contributed by atoms with Crippen LogP contribution in [0.1, 0.15) is 22.3 Å². The number of hydrogen-bond acceptors (Lipinski definition) is 6. The number of aryl methyl sites for hydroxylation is 1. The predicted molar refractivity (Wildman–Crippen MR) is 94.3 cm³/mol. The van der Waals surface area contributed by atoms with E-state index in [4.69, 9.17) is 14.6 Å². The zero-order valence-corrected chi connectivity index (χ0v) is 14.9. The van der Waals surface area contributed by atoms with Gasteiger partial charge in [0.25, 0.3) is 5.91 Å². The van der Waals surface area contributed by atoms with E-state index in [0.717, 1.165) is 5.56 Å². The number of sulfonamides is 1. The number of nitrogens with two attached hydrogens (primary N) is 1. The van der Waals surface area contributed by atoms with Crippen LogP contribution in [0.4, 0.5) is 0 Å². The molecule has 0 unspecified atom stereocenters. The van der Waals surface area contributed by atoms with Gasteiger partial charge in [-0.2, -0.15) is 0 Å². The van der Waals surface area contributed by atoms with Crippen LogP contribution in [0.25, 0.3) is 0 Å². The molecular formula is C17H17N3O6S. The summed E-state index contributed by atoms with van der Waals surface area (Å²) >= 11 is 0. The Morgan fingerprint density at radius 3 is 2.41 bits per heavy atom. The smallest absolute Gasteiger partial charge is 0.269 e. The van der Waals surface area contributed by atoms with Gasteiger partial charge in [0.2, 0.25) is 22.7 Å². The van der Waals surface area contributed by atoms with Crippen molar-refractivity contribution in [3.63, 3.8) is 0 Å². The molecule has 0 spiro atoms. The van der Waals surface area contributed by atoms with Crippen molar-refractivity contribution in [2.75, 3.05) is 6.79 Å². The zero-order chi connectivity index (χ0) is 19.4. The van der Waals surface area contributed by atoms with Gasteiger partial charge in [0, 0.05) is 12.0 Å². The van der Waals surface area contributed by atoms with Gasteiger partial charge in [-0.25, -0.2) is 13.6 Å². The Bertz CT molecular complexity index is 973. The van der Waals surface area contributed by atoms with Crippen LogP contribution in [-0.4, -0.2) is 27.0 Å². The minimum atomic E-state index is -3.74. The van der Waals surface area contributed by atoms with Crippen LogP contribution < -0.4 is 25.5 Å². The molecule has 0 aliphatic carbocycles. The van der Waals surface area contributed by atoms with Crippen molar-refractivity contribution in [3.8, 4) is 11.5 Å². The second-order valence-electron chi connectivity index (χ2n) is 5.76. The molecule has 142 valence electrons. The maximum Gasteiger partial charge on any atom is 0.269 e. The molecule has 10 heteroatoms. The monoisotopic (exact) mass is 391 g/mol. The second kappa shape index (κ2) is 7.64. The Balaban J connectivity index is 1.47. The fourth-order valence-corrected chi connectivity index (χ4v) is 2.92. The normalized spacial score (nSPS) is 12.5. The van der Waals surface area contributed by atoms with E-state index in [1.54, 1.807) is 24.3 Å². The molecule has 2 aromatic carbocycles. The maximum atomic E-state index is 12.1. The SMILES string of the molecule is NS(=O)(=O)c1ccc(CCC(=O)NNC(=O)c2ccc3c(c2)OCO3)cc1. The second-order valence-corrected chi connectivity index (χ2v) is 7.32. The van der Waals surface area contributed by atoms with Crippen molar-refractivity contribution in [1.29, 1.82) is 0 Å². The lowest BCUT2D eigenvalue weighted by Gasteiger charge is -2.08. The summed E-state index contributed by atoms with van der Waals surface area (Å²) in [6.07, 6.45) is 0.479. The molecule has 3 rings (SSSR count). The van der Waals surface area contributed by atoms with E-state index in [0.29, 0.717) is 23.5 Å². The minimum absolute atomic E-state index is 0.00620. The number of hydrazine groups is 1. The maximum absolute atomic E-state index is 12.1. The van der Waals surface area contributed by atoms with Gasteiger partial charge in [0.15, 0.2) is 11.5 Å². The molecule has 27 heavy (non-hydrogen) atoms. The quantitative estimate of drug-likeness (QED) is 0.633. The van der Waals surface area contributed by atoms with E-state index in [1.165, 1.54) is 18.2 Å². The van der Waals surface area contributed by atoms with Gasteiger partial charge >= 0.3 is 0 Å². The summed E-state index contributed by atoms with van der Waals surface area (Å²) in [4.78, 5) is 23.9. The Morgan fingerprint density at radius 1 is 1.00 bits per heavy atom. The average molecular weight is 391 g/mol. The first-order valence-electron chi connectivity index (χ1n) is 7.93. The molecular weight excluding hydrogens is 374 g/mol. The molecule has 1 aliphatic heterocycles. The Kier molecular flexibility index (Phi) is 5.28. The lowest BCUT2D eigenvalue weighted by atomic mass is 10.1. The van der Waals surface area contributed by atoms with E-state index >= 15 is 0 Å². The van der Waals surface area contributed by atoms with Crippen molar-refractivity contribution in [1.82, 2.24) is 10.9 Å². The number of rotatable bonds is 5. The Morgan fingerprint density at radius 2 is 1.70 bits per heavy atom. The van der Waals surface area contributed by atoms with Gasteiger partial charge in [-0.3, -0.25) is 20.4 Å². The third kappa shape index (κ3) is 4.74. The summed E-state index contributed by atoms with van der Waals surface area (Å²) in [5.74, 6) is 0.153. The van der Waals surface area contributed by atoms with Crippen LogP contribution in [-0.2, 0) is 21.2 Å². The third-order valence-electron chi connectivity index (χ3n) is 3.84. The van der Waals surface area contributed by atoms with E-state index in [9.17, 15) is 18.0 Å². The Labute approximate surface area is 155 Å². The predicted octanol–water partition coefficient (Wildman–Crippen LogP) is 0.456. The number of benzene rings is 2. The largest absolute Gasteiger partial charge is 0.454 e. The first-order chi connectivity index (χ1) is 12.8. The summed E-state index contributed by atoms with van der Waals surface area (Å²) in [6, 6.07) is 10.6. The first kappa shape index (κ1) is 18.7. The molecule has 0 saturated heterocycles. The van der Waals surface area contributed by atoms with E-state index in [1.807, 2.05) is 0 Å². The van der Waals surface area contributed by atoms with E-state index < -0.39 is 15.9 Å². The van der Waals surface area contributed by atoms with Crippen LogP contribution >= 0.6 is 0 Å². The molecule has 2 aromatic rings. The highest BCUT2D eigenvalue weighted by atomic mass is 32.2. The van der Waals surface area contributed by atoms with Crippen LogP contribution in [0.15, 0.2) is 47.4 Å². The van der Waals surface area contributed by atoms with Gasteiger partial charge in [-0.05, 0) is 42.3 Å². The molecule has 0 saturated carbocycles. The fourth-order valence-electron chi connectivity index (χ4n) is 2.40. The van der Waals surface area contributed by atoms with E-state index in [-0.39, 0.29) is 24.0 Å². The van der Waals surface area contributed by atoms with Crippen LogP contribution in [0, 0.1) is 0 Å². The summed E-state index contributed by atoms with van der Waals surface area (Å²) < 4.78 is 32.8. The number of amides is 2. The molecule has 0 aromatic heterocycles. The van der Waals surface area contributed by atoms with Crippen LogP contribution in [0.3, 0.4) is 0 Å². The zero-order valence-electron chi connectivity index (χ0n) is 14.1. The van der Waals surface area contributed by atoms with Gasteiger partial charge < -0.3 is 9.47 Å². The number of carbonyl (C=O) groups excluding carboxylic acids is 2. The number of primary sulfonamides is 1. The van der Waals surface area contributed by atoms with Crippen LogP contribution in [0.5, 0.6) is 11.5 Å². The molecule has 4 N–H and O–H groups in total. The summed E-state index contributed by atoms with van der Waals surface area (Å²) in [6.45, 7) is 0.106. The summed E-state index contributed by atoms with van der Waals surface area (Å²) in [5, 5.41) is 5.03. The molecule has 2 amide bonds. The van der Waals surface area contributed by atoms with Crippen molar-refractivity contribution >= 4 is 21.8 Å². The average Bonchev–Trinajstić information content (AvgIpc) is 3.11. The molecule has 0 radical (unpaired) electrons. The van der Waals surface area contributed by atoms with Crippen molar-refractivity contribution in [2.24, 2.45) is 5.14 Å². The molecule has 0 fully saturated rings. The summed E-state index contributed by atoms with van der Waals surface area (Å²) in [5.41, 5.74) is 5.73. The van der Waals surface area contributed by atoms with Gasteiger partial charge in [-0.15, -0.1) is 0 Å². The lowest BCUT2D eigenvalue weighted by molar-refractivity contribution is -0.121. The molecule has 9 nitrogen and oxygen atoms in total. The standard InChI is InChI=1S/C17H17N3O6S/c18-27(23,24)13-5-1-11(2-6-13)3-8-16(21)19-20-17(22)12-4-7-14-15(9-12)26-10-25-14/h1-2,4-7,9H,3,8,10H2,(H,19,21)(H,20,22)(H2,18,23,24). The highest BCUT2D eigenvalue weighted by Crippen LogP contribution is 2.32. The summed E-state index contributed by atoms with van der Waals surface area (Å²) in [7, 11) is -3.74. The number of fused-ring (bicyclic) bond motifs is 1. The highest BCUT2D eigenvalue weighted by molar-refractivity contribution is 7.89. The van der Waals surface area contributed by atoms with E-state index in [2.05, 4.69) is 10.9 Å². The molecule has 1 aliphatic rings. The van der Waals surface area contributed by atoms with Crippen molar-refractivity contribution in [2.45, 2.75) is 17.7 Å². The molecule has 1 heterocycles. The number of nitrogens with one attached hydrogen (secondary N) is 2. The van der Waals surface area contributed by atoms with Gasteiger partial charge in [-0.1, -0.05) is 12.1 Å². The topological polar surface area (TPSA) is 137 Å².